The van der Waals surface area contributed by atoms with Crippen molar-refractivity contribution in [1.82, 2.24) is 0 Å². The molecule has 0 aromatic heterocycles. The summed E-state index contributed by atoms with van der Waals surface area (Å²) in [5, 5.41) is 0. The number of hydrogen-bond donors (Lipinski definition) is 0. The second kappa shape index (κ2) is 7.85. The summed E-state index contributed by atoms with van der Waals surface area (Å²) in [6, 6.07) is 4.99. The molecule has 0 saturated heterocycles. The Kier molecular flexibility index (Phi) is 6.40. The molecule has 0 N–H and O–H groups in total. The van der Waals surface area contributed by atoms with E-state index < -0.39 is 5.82 Å². The molecule has 0 amide bonds. The van der Waals surface area contributed by atoms with Gasteiger partial charge < -0.3 is 4.74 Å². The minimum absolute atomic E-state index is 0.0578. The normalized spacial score (nSPS) is 10.4. The number of benzene rings is 1. The lowest BCUT2D eigenvalue weighted by atomic mass is 10.1. The number of ether oxygens (including phenoxy) is 1. The molecule has 2 nitrogen and oxygen atoms in total. The number of carbonyl (C=O) groups is 1. The highest BCUT2D eigenvalue weighted by Crippen LogP contribution is 2.22. The van der Waals surface area contributed by atoms with Gasteiger partial charge in [-0.15, -0.1) is 0 Å². The number of unbranched alkanes of at least 4 members (excludes halogenated alkanes) is 2. The molecule has 0 unspecified atom stereocenters. The minimum atomic E-state index is -0.391. The van der Waals surface area contributed by atoms with Crippen LogP contribution in [0, 0.1) is 5.82 Å². The van der Waals surface area contributed by atoms with Crippen molar-refractivity contribution in [2.45, 2.75) is 52.4 Å². The highest BCUT2D eigenvalue weighted by atomic mass is 19.1. The molecule has 3 heteroatoms. The summed E-state index contributed by atoms with van der Waals surface area (Å²) >= 11 is 0. The van der Waals surface area contributed by atoms with Gasteiger partial charge in [0.15, 0.2) is 11.6 Å². The maximum Gasteiger partial charge on any atom is 0.311 e. The topological polar surface area (TPSA) is 26.3 Å². The molecule has 0 bridgehead atoms. The Morgan fingerprint density at radius 2 is 2.00 bits per heavy atom. The van der Waals surface area contributed by atoms with Crippen molar-refractivity contribution in [3.8, 4) is 5.75 Å². The zero-order valence-electron chi connectivity index (χ0n) is 11.2. The Bertz CT molecular complexity index is 388. The average molecular weight is 252 g/mol. The number of aryl methyl sites for hydroxylation is 1. The lowest BCUT2D eigenvalue weighted by Crippen LogP contribution is -2.09. The molecule has 0 aliphatic carbocycles. The Morgan fingerprint density at radius 3 is 2.67 bits per heavy atom. The van der Waals surface area contributed by atoms with Gasteiger partial charge in [0.25, 0.3) is 0 Å². The van der Waals surface area contributed by atoms with Crippen LogP contribution in [0.3, 0.4) is 0 Å². The molecule has 100 valence electrons. The second-order valence-corrected chi connectivity index (χ2v) is 4.41. The van der Waals surface area contributed by atoms with Gasteiger partial charge in [-0.05, 0) is 30.9 Å². The van der Waals surface area contributed by atoms with Gasteiger partial charge in [-0.3, -0.25) is 4.79 Å². The maximum absolute atomic E-state index is 14.0. The highest BCUT2D eigenvalue weighted by Gasteiger charge is 2.12. The number of halogens is 1. The molecule has 1 aromatic rings. The first-order valence-electron chi connectivity index (χ1n) is 6.67. The lowest BCUT2D eigenvalue weighted by molar-refractivity contribution is -0.134. The van der Waals surface area contributed by atoms with E-state index in [9.17, 15) is 9.18 Å². The smallest absolute Gasteiger partial charge is 0.311 e. The zero-order valence-corrected chi connectivity index (χ0v) is 11.2. The number of hydrogen-bond acceptors (Lipinski definition) is 2. The van der Waals surface area contributed by atoms with Crippen LogP contribution >= 0.6 is 0 Å². The van der Waals surface area contributed by atoms with Crippen LogP contribution in [0.1, 0.15) is 51.5 Å². The van der Waals surface area contributed by atoms with Crippen LogP contribution in [-0.2, 0) is 11.2 Å². The molecule has 0 atom stereocenters. The van der Waals surface area contributed by atoms with Gasteiger partial charge in [0.05, 0.1) is 0 Å². The number of rotatable bonds is 7. The minimum Gasteiger partial charge on any atom is -0.423 e. The predicted octanol–water partition coefficient (Wildman–Crippen LogP) is 4.26. The van der Waals surface area contributed by atoms with Crippen LogP contribution in [0.2, 0.25) is 0 Å². The molecule has 0 radical (unpaired) electrons. The van der Waals surface area contributed by atoms with E-state index in [0.29, 0.717) is 24.8 Å². The third-order valence-corrected chi connectivity index (χ3v) is 2.77. The summed E-state index contributed by atoms with van der Waals surface area (Å²) in [6.45, 7) is 4.00. The number of esters is 1. The van der Waals surface area contributed by atoms with Gasteiger partial charge in [-0.1, -0.05) is 38.8 Å². The third-order valence-electron chi connectivity index (χ3n) is 2.77. The van der Waals surface area contributed by atoms with Crippen molar-refractivity contribution < 1.29 is 13.9 Å². The van der Waals surface area contributed by atoms with Crippen LogP contribution in [0.25, 0.3) is 0 Å². The van der Waals surface area contributed by atoms with Crippen LogP contribution in [0.5, 0.6) is 5.75 Å². The Hall–Kier alpha value is -1.38. The van der Waals surface area contributed by atoms with E-state index in [1.807, 2.05) is 6.92 Å². The molecular weight excluding hydrogens is 231 g/mol. The molecular formula is C15H21FO2. The fourth-order valence-electron chi connectivity index (χ4n) is 1.77. The van der Waals surface area contributed by atoms with Gasteiger partial charge in [-0.2, -0.15) is 0 Å². The summed E-state index contributed by atoms with van der Waals surface area (Å²) in [7, 11) is 0. The summed E-state index contributed by atoms with van der Waals surface area (Å²) in [4.78, 5) is 11.3. The average Bonchev–Trinajstić information content (AvgIpc) is 2.34. The Morgan fingerprint density at radius 1 is 1.22 bits per heavy atom. The molecule has 0 aliphatic rings. The van der Waals surface area contributed by atoms with Gasteiger partial charge in [0, 0.05) is 6.42 Å². The van der Waals surface area contributed by atoms with E-state index in [0.717, 1.165) is 19.3 Å². The Balaban J connectivity index is 2.68. The summed E-state index contributed by atoms with van der Waals surface area (Å²) < 4.78 is 19.0. The largest absolute Gasteiger partial charge is 0.423 e. The van der Waals surface area contributed by atoms with E-state index in [1.54, 1.807) is 12.1 Å². The van der Waals surface area contributed by atoms with Crippen LogP contribution < -0.4 is 4.74 Å². The van der Waals surface area contributed by atoms with E-state index in [1.165, 1.54) is 6.07 Å². The monoisotopic (exact) mass is 252 g/mol. The SMILES string of the molecule is CCCCCc1cccc(OC(=O)CCC)c1F. The first-order chi connectivity index (χ1) is 8.69. The van der Waals surface area contributed by atoms with Crippen molar-refractivity contribution in [2.75, 3.05) is 0 Å². The van der Waals surface area contributed by atoms with Crippen molar-refractivity contribution >= 4 is 5.97 Å². The second-order valence-electron chi connectivity index (χ2n) is 4.41. The zero-order chi connectivity index (χ0) is 13.4. The van der Waals surface area contributed by atoms with Crippen molar-refractivity contribution in [3.05, 3.63) is 29.6 Å². The first kappa shape index (κ1) is 14.7. The summed E-state index contributed by atoms with van der Waals surface area (Å²) in [6.07, 6.45) is 4.86. The lowest BCUT2D eigenvalue weighted by Gasteiger charge is -2.08. The first-order valence-corrected chi connectivity index (χ1v) is 6.67. The highest BCUT2D eigenvalue weighted by molar-refractivity contribution is 5.72. The molecule has 0 aliphatic heterocycles. The number of carbonyl (C=O) groups excluding carboxylic acids is 1. The molecule has 0 saturated carbocycles. The molecule has 18 heavy (non-hydrogen) atoms. The van der Waals surface area contributed by atoms with Gasteiger partial charge >= 0.3 is 5.97 Å². The molecule has 0 spiro atoms. The van der Waals surface area contributed by atoms with E-state index in [2.05, 4.69) is 6.92 Å². The molecule has 0 heterocycles. The standard InChI is InChI=1S/C15H21FO2/c1-3-5-6-9-12-10-7-11-13(15(12)16)18-14(17)8-4-2/h7,10-11H,3-6,8-9H2,1-2H3. The van der Waals surface area contributed by atoms with Crippen molar-refractivity contribution in [3.63, 3.8) is 0 Å². The van der Waals surface area contributed by atoms with Crippen LogP contribution in [-0.4, -0.2) is 5.97 Å². The quantitative estimate of drug-likeness (QED) is 0.411. The van der Waals surface area contributed by atoms with Crippen molar-refractivity contribution in [1.29, 1.82) is 0 Å². The van der Waals surface area contributed by atoms with Gasteiger partial charge in [0.2, 0.25) is 0 Å². The van der Waals surface area contributed by atoms with E-state index >= 15 is 0 Å². The molecule has 1 rings (SSSR count). The maximum atomic E-state index is 14.0. The predicted molar refractivity (Wildman–Crippen MR) is 70.2 cm³/mol. The summed E-state index contributed by atoms with van der Waals surface area (Å²) in [5.74, 6) is -0.706. The van der Waals surface area contributed by atoms with Gasteiger partial charge in [0.1, 0.15) is 0 Å². The van der Waals surface area contributed by atoms with Crippen LogP contribution in [0.4, 0.5) is 4.39 Å². The molecule has 1 aromatic carbocycles. The summed E-state index contributed by atoms with van der Waals surface area (Å²) in [5.41, 5.74) is 0.630. The van der Waals surface area contributed by atoms with Crippen molar-refractivity contribution in [2.24, 2.45) is 0 Å². The van der Waals surface area contributed by atoms with E-state index in [4.69, 9.17) is 4.74 Å². The van der Waals surface area contributed by atoms with E-state index in [-0.39, 0.29) is 11.7 Å². The van der Waals surface area contributed by atoms with Gasteiger partial charge in [-0.25, -0.2) is 4.39 Å². The fraction of sp³-hybridized carbons (Fsp3) is 0.533. The van der Waals surface area contributed by atoms with Crippen LogP contribution in [0.15, 0.2) is 18.2 Å². The molecule has 0 fully saturated rings. The Labute approximate surface area is 108 Å². The third kappa shape index (κ3) is 4.47. The fourth-order valence-corrected chi connectivity index (χ4v) is 1.77.